The number of hydrogen-bond donors (Lipinski definition) is 0. The summed E-state index contributed by atoms with van der Waals surface area (Å²) >= 11 is 5.44. The van der Waals surface area contributed by atoms with Crippen molar-refractivity contribution in [2.45, 2.75) is 6.54 Å². The minimum absolute atomic E-state index is 1.02. The third-order valence-corrected chi connectivity index (χ3v) is 4.11. The fourth-order valence-corrected chi connectivity index (χ4v) is 3.28. The van der Waals surface area contributed by atoms with Crippen molar-refractivity contribution in [1.29, 1.82) is 0 Å². The van der Waals surface area contributed by atoms with Gasteiger partial charge in [-0.05, 0) is 47.5 Å². The summed E-state index contributed by atoms with van der Waals surface area (Å²) in [5.74, 6) is 0. The van der Waals surface area contributed by atoms with E-state index < -0.39 is 0 Å². The Morgan fingerprint density at radius 2 is 2.14 bits per heavy atom. The number of fused-ring (bicyclic) bond motifs is 1. The van der Waals surface area contributed by atoms with E-state index in [0.29, 0.717) is 0 Å². The summed E-state index contributed by atoms with van der Waals surface area (Å²) in [5, 5.41) is 1.33. The summed E-state index contributed by atoms with van der Waals surface area (Å²) in [6, 6.07) is 8.61. The first-order valence-electron chi connectivity index (χ1n) is 4.48. The second-order valence-electron chi connectivity index (χ2n) is 3.61. The van der Waals surface area contributed by atoms with E-state index in [1.54, 1.807) is 0 Å². The van der Waals surface area contributed by atoms with Gasteiger partial charge in [-0.1, -0.05) is 12.1 Å². The van der Waals surface area contributed by atoms with Crippen molar-refractivity contribution < 1.29 is 0 Å². The molecular formula is C11H12BrNS. The number of benzene rings is 1. The molecule has 14 heavy (non-hydrogen) atoms. The lowest BCUT2D eigenvalue weighted by atomic mass is 10.2. The van der Waals surface area contributed by atoms with E-state index in [1.165, 1.54) is 19.4 Å². The number of hydrogen-bond acceptors (Lipinski definition) is 2. The SMILES string of the molecule is CN(C)Cc1cc2cccc(Br)c2s1. The van der Waals surface area contributed by atoms with Gasteiger partial charge in [-0.25, -0.2) is 0 Å². The van der Waals surface area contributed by atoms with Gasteiger partial charge in [0.15, 0.2) is 0 Å². The zero-order valence-corrected chi connectivity index (χ0v) is 10.7. The van der Waals surface area contributed by atoms with Gasteiger partial charge in [0.2, 0.25) is 0 Å². The first kappa shape index (κ1) is 10.1. The summed E-state index contributed by atoms with van der Waals surface area (Å²) in [7, 11) is 4.19. The zero-order chi connectivity index (χ0) is 10.1. The van der Waals surface area contributed by atoms with Crippen LogP contribution in [0.2, 0.25) is 0 Å². The van der Waals surface area contributed by atoms with Crippen LogP contribution in [0.15, 0.2) is 28.7 Å². The molecule has 0 amide bonds. The molecule has 74 valence electrons. The molecule has 1 nitrogen and oxygen atoms in total. The monoisotopic (exact) mass is 269 g/mol. The Bertz CT molecular complexity index is 447. The molecule has 0 aliphatic rings. The van der Waals surface area contributed by atoms with Crippen molar-refractivity contribution in [3.05, 3.63) is 33.6 Å². The highest BCUT2D eigenvalue weighted by Gasteiger charge is 2.04. The van der Waals surface area contributed by atoms with Gasteiger partial charge in [-0.2, -0.15) is 0 Å². The second kappa shape index (κ2) is 4.01. The van der Waals surface area contributed by atoms with Crippen LogP contribution in [0.4, 0.5) is 0 Å². The molecule has 1 heterocycles. The fourth-order valence-electron chi connectivity index (χ4n) is 1.47. The highest BCUT2D eigenvalue weighted by atomic mass is 79.9. The quantitative estimate of drug-likeness (QED) is 0.803. The maximum Gasteiger partial charge on any atom is 0.0488 e. The van der Waals surface area contributed by atoms with E-state index in [9.17, 15) is 0 Å². The van der Waals surface area contributed by atoms with E-state index in [2.05, 4.69) is 59.2 Å². The Morgan fingerprint density at radius 1 is 1.36 bits per heavy atom. The third-order valence-electron chi connectivity index (χ3n) is 2.02. The molecule has 0 saturated carbocycles. The van der Waals surface area contributed by atoms with Gasteiger partial charge in [-0.3, -0.25) is 0 Å². The zero-order valence-electron chi connectivity index (χ0n) is 8.25. The maximum atomic E-state index is 3.57. The highest BCUT2D eigenvalue weighted by Crippen LogP contribution is 2.32. The van der Waals surface area contributed by atoms with Gasteiger partial charge in [0, 0.05) is 20.6 Å². The van der Waals surface area contributed by atoms with Crippen LogP contribution in [0.5, 0.6) is 0 Å². The summed E-state index contributed by atoms with van der Waals surface area (Å²) in [5.41, 5.74) is 0. The predicted octanol–water partition coefficient (Wildman–Crippen LogP) is 3.73. The molecular weight excluding hydrogens is 258 g/mol. The second-order valence-corrected chi connectivity index (χ2v) is 5.60. The number of halogens is 1. The third kappa shape index (κ3) is 2.00. The molecule has 1 aromatic carbocycles. The molecule has 0 unspecified atom stereocenters. The predicted molar refractivity (Wildman–Crippen MR) is 66.9 cm³/mol. The van der Waals surface area contributed by atoms with Crippen molar-refractivity contribution in [2.24, 2.45) is 0 Å². The van der Waals surface area contributed by atoms with Crippen LogP contribution in [0, 0.1) is 0 Å². The molecule has 0 saturated heterocycles. The molecule has 0 aliphatic heterocycles. The van der Waals surface area contributed by atoms with Gasteiger partial charge in [0.1, 0.15) is 0 Å². The van der Waals surface area contributed by atoms with Crippen LogP contribution in [0.3, 0.4) is 0 Å². The van der Waals surface area contributed by atoms with Crippen LogP contribution in [-0.4, -0.2) is 19.0 Å². The molecule has 0 spiro atoms. The standard InChI is InChI=1S/C11H12BrNS/c1-13(2)7-9-6-8-4-3-5-10(12)11(8)14-9/h3-6H,7H2,1-2H3. The van der Waals surface area contributed by atoms with E-state index in [-0.39, 0.29) is 0 Å². The average Bonchev–Trinajstić information content (AvgIpc) is 2.47. The minimum Gasteiger partial charge on any atom is -0.304 e. The Labute approximate surface area is 96.5 Å². The lowest BCUT2D eigenvalue weighted by Crippen LogP contribution is -2.09. The van der Waals surface area contributed by atoms with Gasteiger partial charge in [-0.15, -0.1) is 11.3 Å². The van der Waals surface area contributed by atoms with Crippen LogP contribution in [-0.2, 0) is 6.54 Å². The fraction of sp³-hybridized carbons (Fsp3) is 0.273. The topological polar surface area (TPSA) is 3.24 Å². The van der Waals surface area contributed by atoms with Gasteiger partial charge in [0.25, 0.3) is 0 Å². The molecule has 3 heteroatoms. The first-order chi connectivity index (χ1) is 6.66. The van der Waals surface area contributed by atoms with Gasteiger partial charge >= 0.3 is 0 Å². The first-order valence-corrected chi connectivity index (χ1v) is 6.09. The van der Waals surface area contributed by atoms with E-state index in [1.807, 2.05) is 11.3 Å². The lowest BCUT2D eigenvalue weighted by molar-refractivity contribution is 0.406. The molecule has 2 rings (SSSR count). The van der Waals surface area contributed by atoms with E-state index in [4.69, 9.17) is 0 Å². The van der Waals surface area contributed by atoms with Crippen molar-refractivity contribution in [3.8, 4) is 0 Å². The molecule has 2 aromatic rings. The Balaban J connectivity index is 2.46. The summed E-state index contributed by atoms with van der Waals surface area (Å²) in [4.78, 5) is 3.61. The lowest BCUT2D eigenvalue weighted by Gasteiger charge is -2.05. The molecule has 0 fully saturated rings. The van der Waals surface area contributed by atoms with E-state index >= 15 is 0 Å². The highest BCUT2D eigenvalue weighted by molar-refractivity contribution is 9.10. The summed E-state index contributed by atoms with van der Waals surface area (Å²) in [6.45, 7) is 1.02. The smallest absolute Gasteiger partial charge is 0.0488 e. The van der Waals surface area contributed by atoms with Crippen molar-refractivity contribution >= 4 is 37.4 Å². The average molecular weight is 270 g/mol. The summed E-state index contributed by atoms with van der Waals surface area (Å²) < 4.78 is 2.55. The minimum atomic E-state index is 1.02. The normalized spacial score (nSPS) is 11.4. The van der Waals surface area contributed by atoms with E-state index in [0.717, 1.165) is 6.54 Å². The largest absolute Gasteiger partial charge is 0.304 e. The van der Waals surface area contributed by atoms with Crippen molar-refractivity contribution in [3.63, 3.8) is 0 Å². The molecule has 1 aromatic heterocycles. The van der Waals surface area contributed by atoms with Crippen LogP contribution in [0.25, 0.3) is 10.1 Å². The van der Waals surface area contributed by atoms with Gasteiger partial charge in [0.05, 0.1) is 0 Å². The number of rotatable bonds is 2. The Kier molecular flexibility index (Phi) is 2.91. The van der Waals surface area contributed by atoms with Crippen LogP contribution >= 0.6 is 27.3 Å². The maximum absolute atomic E-state index is 3.57. The summed E-state index contributed by atoms with van der Waals surface area (Å²) in [6.07, 6.45) is 0. The van der Waals surface area contributed by atoms with Crippen molar-refractivity contribution in [2.75, 3.05) is 14.1 Å². The van der Waals surface area contributed by atoms with Crippen LogP contribution < -0.4 is 0 Å². The van der Waals surface area contributed by atoms with Gasteiger partial charge < -0.3 is 4.90 Å². The molecule has 0 atom stereocenters. The Hall–Kier alpha value is -0.380. The molecule has 0 bridgehead atoms. The number of thiophene rings is 1. The molecule has 0 aliphatic carbocycles. The van der Waals surface area contributed by atoms with Crippen molar-refractivity contribution in [1.82, 2.24) is 4.90 Å². The molecule has 0 N–H and O–H groups in total. The van der Waals surface area contributed by atoms with Crippen LogP contribution in [0.1, 0.15) is 4.88 Å². The molecule has 0 radical (unpaired) electrons. The Morgan fingerprint density at radius 3 is 2.79 bits per heavy atom. The number of nitrogens with zero attached hydrogens (tertiary/aromatic N) is 1.